The minimum absolute atomic E-state index is 0.0292. The van der Waals surface area contributed by atoms with Gasteiger partial charge in [-0.2, -0.15) is 0 Å². The number of benzene rings is 1. The lowest BCUT2D eigenvalue weighted by atomic mass is 10.0. The molecule has 7 heteroatoms. The van der Waals surface area contributed by atoms with Crippen LogP contribution in [-0.4, -0.2) is 5.11 Å². The molecule has 0 fully saturated rings. The Morgan fingerprint density at radius 1 is 1.00 bits per heavy atom. The van der Waals surface area contributed by atoms with E-state index in [1.165, 1.54) is 11.3 Å². The Labute approximate surface area is 131 Å². The van der Waals surface area contributed by atoms with Gasteiger partial charge in [-0.25, -0.2) is 8.78 Å². The molecule has 18 heavy (non-hydrogen) atoms. The van der Waals surface area contributed by atoms with Gasteiger partial charge in [-0.15, -0.1) is 11.3 Å². The van der Waals surface area contributed by atoms with Gasteiger partial charge in [0.2, 0.25) is 0 Å². The predicted molar refractivity (Wildman–Crippen MR) is 77.8 cm³/mol. The zero-order valence-electron chi connectivity index (χ0n) is 8.55. The van der Waals surface area contributed by atoms with Crippen LogP contribution in [-0.2, 0) is 0 Å². The van der Waals surface area contributed by atoms with Crippen molar-refractivity contribution >= 4 is 59.1 Å². The topological polar surface area (TPSA) is 20.2 Å². The molecule has 2 rings (SSSR count). The number of hydrogen-bond donors (Lipinski definition) is 1. The Bertz CT molecular complexity index is 600. The Balaban J connectivity index is 2.49. The maximum atomic E-state index is 13.7. The summed E-state index contributed by atoms with van der Waals surface area (Å²) in [4.78, 5) is 0. The van der Waals surface area contributed by atoms with Crippen LogP contribution in [0.15, 0.2) is 30.2 Å². The molecule has 1 aromatic heterocycles. The summed E-state index contributed by atoms with van der Waals surface area (Å²) in [6, 6.07) is 3.66. The summed E-state index contributed by atoms with van der Waals surface area (Å²) in [5.41, 5.74) is 0.397. The lowest BCUT2D eigenvalue weighted by Gasteiger charge is -2.12. The van der Waals surface area contributed by atoms with E-state index in [0.717, 1.165) is 15.9 Å². The number of hydrogen-bond acceptors (Lipinski definition) is 2. The summed E-state index contributed by atoms with van der Waals surface area (Å²) in [5, 5.41) is 10.1. The Morgan fingerprint density at radius 3 is 2.22 bits per heavy atom. The van der Waals surface area contributed by atoms with Crippen molar-refractivity contribution in [3.8, 4) is 0 Å². The molecule has 1 N–H and O–H groups in total. The van der Waals surface area contributed by atoms with Crippen LogP contribution in [0, 0.1) is 11.6 Å². The van der Waals surface area contributed by atoms with Crippen molar-refractivity contribution in [2.75, 3.05) is 0 Å². The van der Waals surface area contributed by atoms with Gasteiger partial charge in [-0.05, 0) is 66.0 Å². The average molecular weight is 463 g/mol. The van der Waals surface area contributed by atoms with Crippen molar-refractivity contribution in [1.82, 2.24) is 0 Å². The predicted octanol–water partition coefficient (Wildman–Crippen LogP) is 5.40. The first-order chi connectivity index (χ1) is 8.40. The maximum absolute atomic E-state index is 13.7. The monoisotopic (exact) mass is 460 g/mol. The third-order valence-corrected chi connectivity index (χ3v) is 5.31. The van der Waals surface area contributed by atoms with E-state index in [0.29, 0.717) is 9.35 Å². The number of aliphatic hydroxyl groups is 1. The quantitative estimate of drug-likeness (QED) is 0.593. The molecule has 1 unspecified atom stereocenters. The first-order valence-corrected chi connectivity index (χ1v) is 7.87. The van der Waals surface area contributed by atoms with Gasteiger partial charge in [0, 0.05) is 11.1 Å². The molecule has 0 radical (unpaired) electrons. The summed E-state index contributed by atoms with van der Waals surface area (Å²) >= 11 is 10.8. The molecule has 1 heterocycles. The molecule has 0 aliphatic heterocycles. The first-order valence-electron chi connectivity index (χ1n) is 4.67. The molecule has 2 aromatic rings. The minimum atomic E-state index is -1.22. The highest BCUT2D eigenvalue weighted by atomic mass is 79.9. The summed E-state index contributed by atoms with van der Waals surface area (Å²) in [6.45, 7) is 0. The van der Waals surface area contributed by atoms with Gasteiger partial charge in [-0.1, -0.05) is 0 Å². The van der Waals surface area contributed by atoms with Crippen LogP contribution in [0.4, 0.5) is 8.78 Å². The molecule has 0 spiro atoms. The Kier molecular flexibility index (Phi) is 4.59. The van der Waals surface area contributed by atoms with E-state index in [2.05, 4.69) is 47.8 Å². The van der Waals surface area contributed by atoms with E-state index >= 15 is 0 Å². The van der Waals surface area contributed by atoms with Gasteiger partial charge < -0.3 is 5.11 Å². The second-order valence-electron chi connectivity index (χ2n) is 3.47. The SMILES string of the molecule is OC(c1cc(F)c(Br)cc1F)c1cc(Br)sc1Br. The summed E-state index contributed by atoms with van der Waals surface area (Å²) < 4.78 is 28.6. The van der Waals surface area contributed by atoms with Crippen LogP contribution in [0.25, 0.3) is 0 Å². The van der Waals surface area contributed by atoms with Crippen molar-refractivity contribution in [3.63, 3.8) is 0 Å². The molecular weight excluding hydrogens is 458 g/mol. The molecule has 0 amide bonds. The second-order valence-corrected chi connectivity index (χ2v) is 8.07. The fraction of sp³-hybridized carbons (Fsp3) is 0.0909. The fourth-order valence-corrected chi connectivity index (χ4v) is 4.65. The maximum Gasteiger partial charge on any atom is 0.137 e. The second kappa shape index (κ2) is 5.66. The van der Waals surface area contributed by atoms with E-state index in [-0.39, 0.29) is 10.0 Å². The zero-order valence-corrected chi connectivity index (χ0v) is 14.1. The lowest BCUT2D eigenvalue weighted by Crippen LogP contribution is -2.03. The number of thiophene rings is 1. The van der Waals surface area contributed by atoms with E-state index in [9.17, 15) is 13.9 Å². The Morgan fingerprint density at radius 2 is 1.67 bits per heavy atom. The van der Waals surface area contributed by atoms with Gasteiger partial charge in [-0.3, -0.25) is 0 Å². The summed E-state index contributed by atoms with van der Waals surface area (Å²) in [7, 11) is 0. The van der Waals surface area contributed by atoms with Crippen molar-refractivity contribution in [2.45, 2.75) is 6.10 Å². The fourth-order valence-electron chi connectivity index (χ4n) is 1.45. The van der Waals surface area contributed by atoms with Crippen LogP contribution in [0.1, 0.15) is 17.2 Å². The van der Waals surface area contributed by atoms with E-state index in [1.54, 1.807) is 6.07 Å². The van der Waals surface area contributed by atoms with Crippen LogP contribution in [0.3, 0.4) is 0 Å². The molecule has 1 nitrogen and oxygen atoms in total. The number of rotatable bonds is 2. The molecule has 1 aromatic carbocycles. The third-order valence-electron chi connectivity index (χ3n) is 2.31. The first kappa shape index (κ1) is 14.6. The number of halogens is 5. The average Bonchev–Trinajstić information content (AvgIpc) is 2.62. The molecule has 0 aliphatic rings. The van der Waals surface area contributed by atoms with Crippen LogP contribution in [0.2, 0.25) is 0 Å². The van der Waals surface area contributed by atoms with Gasteiger partial charge in [0.25, 0.3) is 0 Å². The highest BCUT2D eigenvalue weighted by Crippen LogP contribution is 2.39. The standard InChI is InChI=1S/C11H5Br3F2OS/c12-6-3-7(15)4(1-8(6)16)10(17)5-2-9(13)18-11(5)14/h1-3,10,17H. The van der Waals surface area contributed by atoms with Gasteiger partial charge >= 0.3 is 0 Å². The number of aliphatic hydroxyl groups excluding tert-OH is 1. The van der Waals surface area contributed by atoms with Crippen molar-refractivity contribution in [3.05, 3.63) is 53.0 Å². The molecule has 0 saturated carbocycles. The minimum Gasteiger partial charge on any atom is -0.383 e. The molecule has 1 atom stereocenters. The molecule has 0 bridgehead atoms. The highest BCUT2D eigenvalue weighted by molar-refractivity contribution is 9.12. The molecular formula is C11H5Br3F2OS. The van der Waals surface area contributed by atoms with Crippen molar-refractivity contribution in [1.29, 1.82) is 0 Å². The van der Waals surface area contributed by atoms with E-state index in [4.69, 9.17) is 0 Å². The van der Waals surface area contributed by atoms with Crippen LogP contribution in [0.5, 0.6) is 0 Å². The third kappa shape index (κ3) is 2.85. The van der Waals surface area contributed by atoms with Crippen LogP contribution >= 0.6 is 59.1 Å². The lowest BCUT2D eigenvalue weighted by molar-refractivity contribution is 0.214. The summed E-state index contributed by atoms with van der Waals surface area (Å²) in [6.07, 6.45) is -1.22. The molecule has 96 valence electrons. The molecule has 0 aliphatic carbocycles. The summed E-state index contributed by atoms with van der Waals surface area (Å²) in [5.74, 6) is -1.28. The van der Waals surface area contributed by atoms with Crippen molar-refractivity contribution in [2.24, 2.45) is 0 Å². The van der Waals surface area contributed by atoms with E-state index in [1.807, 2.05) is 0 Å². The van der Waals surface area contributed by atoms with E-state index < -0.39 is 17.7 Å². The van der Waals surface area contributed by atoms with Gasteiger partial charge in [0.05, 0.1) is 12.0 Å². The highest BCUT2D eigenvalue weighted by Gasteiger charge is 2.21. The normalized spacial score (nSPS) is 12.8. The van der Waals surface area contributed by atoms with Crippen molar-refractivity contribution < 1.29 is 13.9 Å². The van der Waals surface area contributed by atoms with Gasteiger partial charge in [0.15, 0.2) is 0 Å². The van der Waals surface area contributed by atoms with Crippen LogP contribution < -0.4 is 0 Å². The largest absolute Gasteiger partial charge is 0.383 e. The van der Waals surface area contributed by atoms with Gasteiger partial charge in [0.1, 0.15) is 17.7 Å². The smallest absolute Gasteiger partial charge is 0.137 e. The molecule has 0 saturated heterocycles. The Hall–Kier alpha value is 0.180. The zero-order chi connectivity index (χ0) is 13.4.